The van der Waals surface area contributed by atoms with Crippen molar-refractivity contribution in [2.24, 2.45) is 5.73 Å². The number of nitrogens with one attached hydrogen (secondary N) is 1. The summed E-state index contributed by atoms with van der Waals surface area (Å²) in [4.78, 5) is 31.2. The average molecular weight is 386 g/mol. The summed E-state index contributed by atoms with van der Waals surface area (Å²) in [5.41, 5.74) is 6.14. The van der Waals surface area contributed by atoms with Gasteiger partial charge in [0.1, 0.15) is 11.6 Å². The fraction of sp³-hybridized carbons (Fsp3) is 0.421. The number of fused-ring (bicyclic) bond motifs is 1. The minimum absolute atomic E-state index is 0.0166. The quantitative estimate of drug-likeness (QED) is 0.823. The van der Waals surface area contributed by atoms with Gasteiger partial charge in [0.05, 0.1) is 4.88 Å². The third kappa shape index (κ3) is 3.90. The summed E-state index contributed by atoms with van der Waals surface area (Å²) in [5.74, 6) is 0.724. The van der Waals surface area contributed by atoms with Crippen LogP contribution in [-0.2, 0) is 9.59 Å². The fourth-order valence-corrected chi connectivity index (χ4v) is 4.75. The van der Waals surface area contributed by atoms with Crippen LogP contribution in [0.1, 0.15) is 42.0 Å². The molecule has 0 bridgehead atoms. The summed E-state index contributed by atoms with van der Waals surface area (Å²) >= 11 is 1.67. The molecule has 142 valence electrons. The van der Waals surface area contributed by atoms with Gasteiger partial charge in [0.25, 0.3) is 5.91 Å². The van der Waals surface area contributed by atoms with Crippen LogP contribution in [0.2, 0.25) is 0 Å². The van der Waals surface area contributed by atoms with Gasteiger partial charge in [0, 0.05) is 25.4 Å². The molecule has 1 saturated heterocycles. The first-order valence-corrected chi connectivity index (χ1v) is 9.98. The molecule has 0 spiro atoms. The number of aromatic nitrogens is 1. The van der Waals surface area contributed by atoms with Crippen molar-refractivity contribution in [2.75, 3.05) is 29.9 Å². The number of carbonyl (C=O) groups is 2. The Morgan fingerprint density at radius 3 is 2.70 bits per heavy atom. The molecule has 27 heavy (non-hydrogen) atoms. The van der Waals surface area contributed by atoms with Gasteiger partial charge in [-0.05, 0) is 37.0 Å². The number of amides is 2. The van der Waals surface area contributed by atoms with E-state index in [1.54, 1.807) is 23.5 Å². The molecule has 1 aromatic heterocycles. The summed E-state index contributed by atoms with van der Waals surface area (Å²) in [6, 6.07) is 7.47. The van der Waals surface area contributed by atoms with E-state index in [0.717, 1.165) is 28.7 Å². The molecule has 1 atom stereocenters. The first-order chi connectivity index (χ1) is 13.1. The van der Waals surface area contributed by atoms with E-state index in [9.17, 15) is 9.59 Å². The third-order valence-electron chi connectivity index (χ3n) is 4.90. The Morgan fingerprint density at radius 1 is 1.26 bits per heavy atom. The number of primary amides is 1. The van der Waals surface area contributed by atoms with Crippen LogP contribution in [0.4, 0.5) is 10.9 Å². The number of thiazole rings is 1. The maximum absolute atomic E-state index is 12.2. The van der Waals surface area contributed by atoms with E-state index in [1.807, 2.05) is 12.1 Å². The van der Waals surface area contributed by atoms with Gasteiger partial charge in [0.15, 0.2) is 11.7 Å². The Balaban J connectivity index is 1.58. The lowest BCUT2D eigenvalue weighted by Crippen LogP contribution is -2.29. The van der Waals surface area contributed by atoms with E-state index in [-0.39, 0.29) is 18.4 Å². The van der Waals surface area contributed by atoms with Gasteiger partial charge in [-0.1, -0.05) is 23.5 Å². The number of piperidine rings is 1. The molecule has 2 aliphatic rings. The number of hydrogen-bond donors (Lipinski definition) is 2. The molecule has 0 aliphatic carbocycles. The van der Waals surface area contributed by atoms with Crippen LogP contribution < -0.4 is 20.7 Å². The van der Waals surface area contributed by atoms with Crippen LogP contribution in [0.3, 0.4) is 0 Å². The topological polar surface area (TPSA) is 97.6 Å². The predicted octanol–water partition coefficient (Wildman–Crippen LogP) is 2.47. The molecule has 1 aromatic carbocycles. The minimum Gasteiger partial charge on any atom is -0.484 e. The SMILES string of the molecule is NC(=O)COc1ccc(C2CC(=O)Nc3nc(N4CCCCC4)sc32)cc1. The molecule has 3 heterocycles. The molecule has 0 saturated carbocycles. The molecule has 3 N–H and O–H groups in total. The van der Waals surface area contributed by atoms with Crippen LogP contribution in [-0.4, -0.2) is 36.5 Å². The third-order valence-corrected chi connectivity index (χ3v) is 6.13. The van der Waals surface area contributed by atoms with Crippen molar-refractivity contribution < 1.29 is 14.3 Å². The second-order valence-electron chi connectivity index (χ2n) is 6.89. The highest BCUT2D eigenvalue weighted by molar-refractivity contribution is 7.16. The van der Waals surface area contributed by atoms with Crippen LogP contribution in [0.5, 0.6) is 5.75 Å². The van der Waals surface area contributed by atoms with Crippen molar-refractivity contribution in [1.29, 1.82) is 0 Å². The summed E-state index contributed by atoms with van der Waals surface area (Å²) < 4.78 is 5.31. The maximum Gasteiger partial charge on any atom is 0.255 e. The van der Waals surface area contributed by atoms with E-state index >= 15 is 0 Å². The summed E-state index contributed by atoms with van der Waals surface area (Å²) in [5, 5.41) is 3.91. The van der Waals surface area contributed by atoms with Gasteiger partial charge in [-0.3, -0.25) is 9.59 Å². The van der Waals surface area contributed by atoms with Gasteiger partial charge in [-0.2, -0.15) is 0 Å². The average Bonchev–Trinajstić information content (AvgIpc) is 3.11. The molecule has 2 aliphatic heterocycles. The maximum atomic E-state index is 12.2. The van der Waals surface area contributed by atoms with Gasteiger partial charge in [0.2, 0.25) is 5.91 Å². The summed E-state index contributed by atoms with van der Waals surface area (Å²) in [6.07, 6.45) is 4.04. The van der Waals surface area contributed by atoms with Crippen molar-refractivity contribution in [2.45, 2.75) is 31.6 Å². The van der Waals surface area contributed by atoms with E-state index in [4.69, 9.17) is 15.5 Å². The number of hydrogen-bond acceptors (Lipinski definition) is 6. The van der Waals surface area contributed by atoms with Gasteiger partial charge >= 0.3 is 0 Å². The highest BCUT2D eigenvalue weighted by Gasteiger charge is 2.31. The van der Waals surface area contributed by atoms with Crippen molar-refractivity contribution in [3.05, 3.63) is 34.7 Å². The van der Waals surface area contributed by atoms with Gasteiger partial charge in [-0.25, -0.2) is 4.98 Å². The van der Waals surface area contributed by atoms with Crippen molar-refractivity contribution >= 4 is 34.1 Å². The Morgan fingerprint density at radius 2 is 2.00 bits per heavy atom. The predicted molar refractivity (Wildman–Crippen MR) is 104 cm³/mol. The first kappa shape index (κ1) is 17.8. The van der Waals surface area contributed by atoms with Crippen molar-refractivity contribution in [3.8, 4) is 5.75 Å². The fourth-order valence-electron chi connectivity index (χ4n) is 3.55. The molecule has 0 radical (unpaired) electrons. The number of nitrogens with zero attached hydrogens (tertiary/aromatic N) is 2. The number of benzene rings is 1. The number of ether oxygens (including phenoxy) is 1. The van der Waals surface area contributed by atoms with Gasteiger partial charge in [-0.15, -0.1) is 0 Å². The Bertz CT molecular complexity index is 843. The van der Waals surface area contributed by atoms with Crippen molar-refractivity contribution in [1.82, 2.24) is 4.98 Å². The molecule has 7 nitrogen and oxygen atoms in total. The molecular formula is C19H22N4O3S. The smallest absolute Gasteiger partial charge is 0.255 e. The van der Waals surface area contributed by atoms with E-state index in [0.29, 0.717) is 18.0 Å². The van der Waals surface area contributed by atoms with Crippen LogP contribution >= 0.6 is 11.3 Å². The Hall–Kier alpha value is -2.61. The lowest BCUT2D eigenvalue weighted by molar-refractivity contribution is -0.120. The van der Waals surface area contributed by atoms with Crippen molar-refractivity contribution in [3.63, 3.8) is 0 Å². The number of nitrogens with two attached hydrogens (primary N) is 1. The van der Waals surface area contributed by atoms with Crippen LogP contribution in [0, 0.1) is 0 Å². The van der Waals surface area contributed by atoms with E-state index < -0.39 is 5.91 Å². The zero-order chi connectivity index (χ0) is 18.8. The largest absolute Gasteiger partial charge is 0.484 e. The van der Waals surface area contributed by atoms with E-state index in [1.165, 1.54) is 19.3 Å². The molecule has 1 unspecified atom stereocenters. The normalized spacial score (nSPS) is 19.3. The molecule has 4 rings (SSSR count). The summed E-state index contributed by atoms with van der Waals surface area (Å²) in [6.45, 7) is 1.90. The zero-order valence-corrected chi connectivity index (χ0v) is 15.8. The molecule has 8 heteroatoms. The highest BCUT2D eigenvalue weighted by Crippen LogP contribution is 2.43. The minimum atomic E-state index is -0.512. The van der Waals surface area contributed by atoms with Crippen LogP contribution in [0.25, 0.3) is 0 Å². The molecule has 1 fully saturated rings. The standard InChI is InChI=1S/C19H22N4O3S/c20-15(24)11-26-13-6-4-12(5-7-13)14-10-16(25)21-18-17(14)27-19(22-18)23-8-2-1-3-9-23/h4-7,14H,1-3,8-11H2,(H2,20,24)(H,21,25). The lowest BCUT2D eigenvalue weighted by atomic mass is 9.91. The zero-order valence-electron chi connectivity index (χ0n) is 14.9. The monoisotopic (exact) mass is 386 g/mol. The number of carbonyl (C=O) groups excluding carboxylic acids is 2. The second-order valence-corrected chi connectivity index (χ2v) is 7.90. The highest BCUT2D eigenvalue weighted by atomic mass is 32.1. The first-order valence-electron chi connectivity index (χ1n) is 9.17. The number of rotatable bonds is 5. The van der Waals surface area contributed by atoms with Gasteiger partial charge < -0.3 is 20.7 Å². The number of anilines is 2. The Kier molecular flexibility index (Phi) is 4.98. The lowest BCUT2D eigenvalue weighted by Gasteiger charge is -2.25. The van der Waals surface area contributed by atoms with E-state index in [2.05, 4.69) is 10.2 Å². The second kappa shape index (κ2) is 7.56. The molecule has 2 aromatic rings. The summed E-state index contributed by atoms with van der Waals surface area (Å²) in [7, 11) is 0. The van der Waals surface area contributed by atoms with Crippen LogP contribution in [0.15, 0.2) is 24.3 Å². The Labute approximate surface area is 161 Å². The molecule has 2 amide bonds. The molecular weight excluding hydrogens is 364 g/mol.